The van der Waals surface area contributed by atoms with Crippen molar-refractivity contribution >= 4 is 38.7 Å². The van der Waals surface area contributed by atoms with Gasteiger partial charge in [-0.1, -0.05) is 0 Å². The van der Waals surface area contributed by atoms with Gasteiger partial charge in [0.05, 0.1) is 0 Å². The van der Waals surface area contributed by atoms with Crippen LogP contribution < -0.4 is 11.5 Å². The second kappa shape index (κ2) is 9.23. The molecule has 0 radical (unpaired) electrons. The van der Waals surface area contributed by atoms with Crippen LogP contribution in [0.1, 0.15) is 6.92 Å². The molecule has 0 aromatic carbocycles. The Bertz CT molecular complexity index is 121. The fourth-order valence-electron chi connectivity index (χ4n) is 1.11. The molecule has 0 aromatic rings. The summed E-state index contributed by atoms with van der Waals surface area (Å²) in [7, 11) is 0. The van der Waals surface area contributed by atoms with Gasteiger partial charge in [-0.25, -0.2) is 0 Å². The van der Waals surface area contributed by atoms with E-state index in [1.165, 1.54) is 0 Å². The third-order valence-electron chi connectivity index (χ3n) is 1.61. The summed E-state index contributed by atoms with van der Waals surface area (Å²) >= 11 is 5.30. The average molecular weight is 595 g/mol. The van der Waals surface area contributed by atoms with Crippen molar-refractivity contribution in [3.05, 3.63) is 0 Å². The van der Waals surface area contributed by atoms with Crippen LogP contribution in [0.5, 0.6) is 0 Å². The van der Waals surface area contributed by atoms with Crippen molar-refractivity contribution in [3.8, 4) is 0 Å². The standard InChI is InChI=1S/C6H14N2O2.2HI.Pt/c1-4-9-5(2-7)6(3-8)10-4;;;/h4-6H,2-3,7-8H2,1H3;2*1H;/q;;;+2/p-2/t5-,6-;;;/m0.../s1. The molecule has 0 aromatic heterocycles. The molecule has 4 nitrogen and oxygen atoms in total. The molecule has 0 aliphatic carbocycles. The zero-order chi connectivity index (χ0) is 10.3. The van der Waals surface area contributed by atoms with E-state index < -0.39 is 0 Å². The molecule has 2 atom stereocenters. The molecule has 1 aliphatic heterocycles. The first kappa shape index (κ1) is 15.0. The molecule has 1 fully saturated rings. The summed E-state index contributed by atoms with van der Waals surface area (Å²) in [4.78, 5) is 0. The van der Waals surface area contributed by atoms with Gasteiger partial charge < -0.3 is 20.9 Å². The molecule has 1 saturated heterocycles. The van der Waals surface area contributed by atoms with Crippen molar-refractivity contribution in [1.82, 2.24) is 0 Å². The Morgan fingerprint density at radius 1 is 1.15 bits per heavy atom. The van der Waals surface area contributed by atoms with Gasteiger partial charge in [0.1, 0.15) is 12.2 Å². The van der Waals surface area contributed by atoms with Crippen LogP contribution in [-0.2, 0) is 20.7 Å². The maximum atomic E-state index is 5.40. The van der Waals surface area contributed by atoms with Crippen LogP contribution in [0.2, 0.25) is 0 Å². The molecule has 0 spiro atoms. The summed E-state index contributed by atoms with van der Waals surface area (Å²) in [6.45, 7) is 2.80. The summed E-state index contributed by atoms with van der Waals surface area (Å²) in [6, 6.07) is 0. The van der Waals surface area contributed by atoms with Crippen LogP contribution in [0.25, 0.3) is 0 Å². The number of ether oxygens (including phenoxy) is 2. The second-order valence-electron chi connectivity index (χ2n) is 2.43. The minimum atomic E-state index is -0.151. The molecular weight excluding hydrogens is 581 g/mol. The van der Waals surface area contributed by atoms with Crippen molar-refractivity contribution in [2.75, 3.05) is 13.1 Å². The first-order valence-corrected chi connectivity index (χ1v) is 16.6. The SMILES string of the molecule is CC1O[C@@H](CN)[C@H](CN)O1.[I][Pt][I]. The number of hydrogen-bond acceptors (Lipinski definition) is 4. The van der Waals surface area contributed by atoms with Gasteiger partial charge in [-0.05, 0) is 6.92 Å². The fraction of sp³-hybridized carbons (Fsp3) is 1.00. The van der Waals surface area contributed by atoms with Gasteiger partial charge in [0.25, 0.3) is 0 Å². The average Bonchev–Trinajstić information content (AvgIpc) is 2.47. The fourth-order valence-corrected chi connectivity index (χ4v) is 1.11. The quantitative estimate of drug-likeness (QED) is 0.465. The number of halogens is 2. The minimum absolute atomic E-state index is 0.0139. The Morgan fingerprint density at radius 3 is 1.69 bits per heavy atom. The summed E-state index contributed by atoms with van der Waals surface area (Å²) in [6.07, 6.45) is -0.179. The van der Waals surface area contributed by atoms with Crippen molar-refractivity contribution in [2.24, 2.45) is 11.5 Å². The van der Waals surface area contributed by atoms with Gasteiger partial charge in [-0.15, -0.1) is 0 Å². The van der Waals surface area contributed by atoms with Crippen LogP contribution in [0.15, 0.2) is 0 Å². The van der Waals surface area contributed by atoms with Crippen molar-refractivity contribution in [3.63, 3.8) is 0 Å². The summed E-state index contributed by atoms with van der Waals surface area (Å²) in [5.41, 5.74) is 10.8. The predicted octanol–water partition coefficient (Wildman–Crippen LogP) is 0.803. The van der Waals surface area contributed by atoms with E-state index in [2.05, 4.69) is 38.7 Å². The van der Waals surface area contributed by atoms with E-state index in [-0.39, 0.29) is 18.5 Å². The number of hydrogen-bond donors (Lipinski definition) is 2. The van der Waals surface area contributed by atoms with E-state index in [1.54, 1.807) is 0 Å². The molecule has 0 amide bonds. The monoisotopic (exact) mass is 595 g/mol. The van der Waals surface area contributed by atoms with Gasteiger partial charge in [0.2, 0.25) is 0 Å². The van der Waals surface area contributed by atoms with Crippen LogP contribution in [0, 0.1) is 0 Å². The van der Waals surface area contributed by atoms with E-state index >= 15 is 0 Å². The molecule has 13 heavy (non-hydrogen) atoms. The number of rotatable bonds is 2. The van der Waals surface area contributed by atoms with Gasteiger partial charge >= 0.3 is 49.9 Å². The van der Waals surface area contributed by atoms with Crippen LogP contribution in [-0.4, -0.2) is 31.6 Å². The molecule has 7 heteroatoms. The molecule has 84 valence electrons. The molecule has 4 N–H and O–H groups in total. The normalized spacial score (nSPS) is 28.7. The molecule has 0 saturated carbocycles. The maximum absolute atomic E-state index is 5.40. The van der Waals surface area contributed by atoms with E-state index in [1.807, 2.05) is 6.92 Å². The van der Waals surface area contributed by atoms with Crippen LogP contribution in [0.4, 0.5) is 0 Å². The predicted molar refractivity (Wildman–Crippen MR) is 65.4 cm³/mol. The van der Waals surface area contributed by atoms with E-state index in [4.69, 9.17) is 20.9 Å². The van der Waals surface area contributed by atoms with E-state index in [0.29, 0.717) is 24.3 Å². The van der Waals surface area contributed by atoms with Crippen molar-refractivity contribution in [2.45, 2.75) is 25.4 Å². The van der Waals surface area contributed by atoms with Gasteiger partial charge in [-0.2, -0.15) is 0 Å². The molecule has 1 aliphatic rings. The first-order chi connectivity index (χ1) is 6.19. The number of nitrogens with two attached hydrogens (primary N) is 2. The Kier molecular flexibility index (Phi) is 10.6. The summed E-state index contributed by atoms with van der Waals surface area (Å²) in [5.74, 6) is 0. The summed E-state index contributed by atoms with van der Waals surface area (Å²) in [5, 5.41) is 0. The second-order valence-corrected chi connectivity index (χ2v) is 19.0. The zero-order valence-corrected chi connectivity index (χ0v) is 13.8. The Balaban J connectivity index is 0.000000424. The third kappa shape index (κ3) is 6.21. The first-order valence-electron chi connectivity index (χ1n) is 3.73. The summed E-state index contributed by atoms with van der Waals surface area (Å²) < 4.78 is 10.6. The molecular formula is C6H14I2N2O2Pt. The molecule has 0 bridgehead atoms. The Hall–Kier alpha value is 1.99. The van der Waals surface area contributed by atoms with Gasteiger partial charge in [0.15, 0.2) is 6.29 Å². The van der Waals surface area contributed by atoms with Gasteiger partial charge in [-0.3, -0.25) is 0 Å². The van der Waals surface area contributed by atoms with Crippen molar-refractivity contribution < 1.29 is 20.7 Å². The van der Waals surface area contributed by atoms with E-state index in [0.717, 1.165) is 0 Å². The molecule has 1 rings (SSSR count). The third-order valence-corrected chi connectivity index (χ3v) is 1.61. The molecule has 0 unspecified atom stereocenters. The van der Waals surface area contributed by atoms with Gasteiger partial charge in [0, 0.05) is 13.1 Å². The zero-order valence-electron chi connectivity index (χ0n) is 7.19. The van der Waals surface area contributed by atoms with Crippen LogP contribution >= 0.6 is 38.7 Å². The van der Waals surface area contributed by atoms with E-state index in [9.17, 15) is 0 Å². The van der Waals surface area contributed by atoms with Crippen molar-refractivity contribution in [1.29, 1.82) is 0 Å². The Labute approximate surface area is 108 Å². The topological polar surface area (TPSA) is 70.5 Å². The molecule has 1 heterocycles. The Morgan fingerprint density at radius 2 is 1.46 bits per heavy atom. The van der Waals surface area contributed by atoms with Crippen LogP contribution in [0.3, 0.4) is 0 Å².